The average molecular weight is 326 g/mol. The predicted octanol–water partition coefficient (Wildman–Crippen LogP) is 2.82. The van der Waals surface area contributed by atoms with Gasteiger partial charge in [0.2, 0.25) is 0 Å². The van der Waals surface area contributed by atoms with E-state index in [4.69, 9.17) is 0 Å². The zero-order valence-electron chi connectivity index (χ0n) is 14.7. The van der Waals surface area contributed by atoms with E-state index in [1.807, 2.05) is 48.5 Å². The number of hydrogen-bond donors (Lipinski definition) is 0. The summed E-state index contributed by atoms with van der Waals surface area (Å²) in [6.45, 7) is 6.58. The average Bonchev–Trinajstić information content (AvgIpc) is 3.11. The van der Waals surface area contributed by atoms with E-state index in [9.17, 15) is 4.79 Å². The van der Waals surface area contributed by atoms with Gasteiger partial charge >= 0.3 is 0 Å². The van der Waals surface area contributed by atoms with Crippen molar-refractivity contribution in [1.82, 2.24) is 19.6 Å². The molecule has 0 unspecified atom stereocenters. The lowest BCUT2D eigenvalue weighted by Crippen LogP contribution is -2.47. The van der Waals surface area contributed by atoms with Crippen LogP contribution in [0.1, 0.15) is 37.0 Å². The van der Waals surface area contributed by atoms with Gasteiger partial charge in [0.15, 0.2) is 0 Å². The van der Waals surface area contributed by atoms with Crippen molar-refractivity contribution >= 4 is 5.91 Å². The summed E-state index contributed by atoms with van der Waals surface area (Å²) < 4.78 is 1.75. The molecule has 1 aliphatic rings. The molecule has 2 heterocycles. The Balaban J connectivity index is 1.65. The minimum absolute atomic E-state index is 0.0557. The predicted molar refractivity (Wildman–Crippen MR) is 95.4 cm³/mol. The second-order valence-corrected chi connectivity index (χ2v) is 6.79. The van der Waals surface area contributed by atoms with Crippen molar-refractivity contribution in [3.8, 4) is 5.69 Å². The summed E-state index contributed by atoms with van der Waals surface area (Å²) in [4.78, 5) is 17.1. The quantitative estimate of drug-likeness (QED) is 0.867. The van der Waals surface area contributed by atoms with Crippen LogP contribution in [-0.4, -0.2) is 57.7 Å². The number of carbonyl (C=O) groups excluding carboxylic acids is 1. The molecule has 1 amide bonds. The first-order valence-corrected chi connectivity index (χ1v) is 8.67. The van der Waals surface area contributed by atoms with E-state index in [1.165, 1.54) is 0 Å². The van der Waals surface area contributed by atoms with Gasteiger partial charge in [0.25, 0.3) is 5.91 Å². The molecule has 1 aromatic heterocycles. The molecule has 0 N–H and O–H groups in total. The smallest absolute Gasteiger partial charge is 0.257 e. The first-order valence-electron chi connectivity index (χ1n) is 8.67. The summed E-state index contributed by atoms with van der Waals surface area (Å²) in [7, 11) is 1.91. The van der Waals surface area contributed by atoms with Crippen LogP contribution >= 0.6 is 0 Å². The molecule has 0 spiro atoms. The maximum atomic E-state index is 12.8. The number of para-hydroxylation sites is 1. The highest BCUT2D eigenvalue weighted by molar-refractivity contribution is 5.93. The number of hydrogen-bond acceptors (Lipinski definition) is 3. The van der Waals surface area contributed by atoms with Crippen LogP contribution < -0.4 is 0 Å². The molecule has 2 aromatic rings. The van der Waals surface area contributed by atoms with Crippen LogP contribution in [0, 0.1) is 0 Å². The summed E-state index contributed by atoms with van der Waals surface area (Å²) in [5, 5.41) is 4.33. The Morgan fingerprint density at radius 3 is 2.50 bits per heavy atom. The van der Waals surface area contributed by atoms with Crippen molar-refractivity contribution in [2.45, 2.75) is 38.8 Å². The van der Waals surface area contributed by atoms with Gasteiger partial charge in [-0.1, -0.05) is 18.2 Å². The van der Waals surface area contributed by atoms with Gasteiger partial charge in [0, 0.05) is 38.4 Å². The molecule has 0 atom stereocenters. The van der Waals surface area contributed by atoms with Crippen LogP contribution in [0.3, 0.4) is 0 Å². The molecule has 128 valence electrons. The minimum Gasteiger partial charge on any atom is -0.339 e. The molecule has 0 bridgehead atoms. The lowest BCUT2D eigenvalue weighted by Gasteiger charge is -2.38. The third-order valence-corrected chi connectivity index (χ3v) is 4.95. The number of piperidine rings is 1. The number of rotatable bonds is 4. The summed E-state index contributed by atoms with van der Waals surface area (Å²) in [6.07, 6.45) is 5.55. The molecule has 24 heavy (non-hydrogen) atoms. The molecule has 5 nitrogen and oxygen atoms in total. The molecular formula is C19H26N4O. The fourth-order valence-corrected chi connectivity index (χ4v) is 3.31. The topological polar surface area (TPSA) is 41.4 Å². The Hall–Kier alpha value is -2.14. The maximum absolute atomic E-state index is 12.8. The van der Waals surface area contributed by atoms with E-state index in [1.54, 1.807) is 10.9 Å². The first kappa shape index (κ1) is 16.7. The zero-order valence-corrected chi connectivity index (χ0v) is 14.7. The summed E-state index contributed by atoms with van der Waals surface area (Å²) in [5.41, 5.74) is 1.61. The number of benzene rings is 1. The number of nitrogens with zero attached hydrogens (tertiary/aromatic N) is 4. The molecular weight excluding hydrogens is 300 g/mol. The van der Waals surface area contributed by atoms with E-state index in [2.05, 4.69) is 23.8 Å². The van der Waals surface area contributed by atoms with Crippen molar-refractivity contribution in [3.05, 3.63) is 48.3 Å². The Morgan fingerprint density at radius 2 is 1.88 bits per heavy atom. The molecule has 0 aliphatic carbocycles. The minimum atomic E-state index is 0.0557. The molecule has 1 aromatic carbocycles. The van der Waals surface area contributed by atoms with Gasteiger partial charge in [0.1, 0.15) is 0 Å². The molecule has 1 fully saturated rings. The highest BCUT2D eigenvalue weighted by atomic mass is 16.2. The first-order chi connectivity index (χ1) is 11.6. The molecule has 1 aliphatic heterocycles. The van der Waals surface area contributed by atoms with Crippen LogP contribution in [0.15, 0.2) is 42.7 Å². The number of amides is 1. The molecule has 1 saturated heterocycles. The SMILES string of the molecule is CC(C)N1CCC(N(C)C(=O)c2cnn(-c3ccccc3)c2)CC1. The van der Waals surface area contributed by atoms with Crippen molar-refractivity contribution in [3.63, 3.8) is 0 Å². The van der Waals surface area contributed by atoms with Gasteiger partial charge in [-0.25, -0.2) is 4.68 Å². The molecule has 0 radical (unpaired) electrons. The molecule has 3 rings (SSSR count). The van der Waals surface area contributed by atoms with Gasteiger partial charge in [-0.15, -0.1) is 0 Å². The molecule has 0 saturated carbocycles. The fourth-order valence-electron chi connectivity index (χ4n) is 3.31. The zero-order chi connectivity index (χ0) is 17.1. The Labute approximate surface area is 143 Å². The van der Waals surface area contributed by atoms with Crippen LogP contribution in [-0.2, 0) is 0 Å². The van der Waals surface area contributed by atoms with E-state index < -0.39 is 0 Å². The Bertz CT molecular complexity index is 672. The van der Waals surface area contributed by atoms with Gasteiger partial charge in [-0.05, 0) is 38.8 Å². The highest BCUT2D eigenvalue weighted by Gasteiger charge is 2.27. The second-order valence-electron chi connectivity index (χ2n) is 6.79. The van der Waals surface area contributed by atoms with Gasteiger partial charge < -0.3 is 9.80 Å². The van der Waals surface area contributed by atoms with Crippen molar-refractivity contribution in [2.24, 2.45) is 0 Å². The van der Waals surface area contributed by atoms with E-state index in [0.717, 1.165) is 31.6 Å². The largest absolute Gasteiger partial charge is 0.339 e. The number of carbonyl (C=O) groups is 1. The maximum Gasteiger partial charge on any atom is 0.257 e. The fraction of sp³-hybridized carbons (Fsp3) is 0.474. The van der Waals surface area contributed by atoms with Gasteiger partial charge in [-0.2, -0.15) is 5.10 Å². The van der Waals surface area contributed by atoms with Crippen molar-refractivity contribution < 1.29 is 4.79 Å². The third kappa shape index (κ3) is 3.51. The standard InChI is InChI=1S/C19H26N4O/c1-15(2)22-11-9-17(10-12-22)21(3)19(24)16-13-20-23(14-16)18-7-5-4-6-8-18/h4-8,13-15,17H,9-12H2,1-3H3. The van der Waals surface area contributed by atoms with Crippen LogP contribution in [0.25, 0.3) is 5.69 Å². The Morgan fingerprint density at radius 1 is 1.21 bits per heavy atom. The van der Waals surface area contributed by atoms with E-state index >= 15 is 0 Å². The monoisotopic (exact) mass is 326 g/mol. The van der Waals surface area contributed by atoms with Crippen LogP contribution in [0.4, 0.5) is 0 Å². The van der Waals surface area contributed by atoms with Crippen molar-refractivity contribution in [1.29, 1.82) is 0 Å². The van der Waals surface area contributed by atoms with Crippen LogP contribution in [0.2, 0.25) is 0 Å². The van der Waals surface area contributed by atoms with E-state index in [-0.39, 0.29) is 5.91 Å². The van der Waals surface area contributed by atoms with Crippen LogP contribution in [0.5, 0.6) is 0 Å². The third-order valence-electron chi connectivity index (χ3n) is 4.95. The normalized spacial score (nSPS) is 16.5. The summed E-state index contributed by atoms with van der Waals surface area (Å²) in [6, 6.07) is 10.7. The lowest BCUT2D eigenvalue weighted by molar-refractivity contribution is 0.0615. The Kier molecular flexibility index (Phi) is 5.00. The summed E-state index contributed by atoms with van der Waals surface area (Å²) in [5.74, 6) is 0.0557. The van der Waals surface area contributed by atoms with Gasteiger partial charge in [-0.3, -0.25) is 4.79 Å². The number of aromatic nitrogens is 2. The van der Waals surface area contributed by atoms with E-state index in [0.29, 0.717) is 17.6 Å². The van der Waals surface area contributed by atoms with Crippen molar-refractivity contribution in [2.75, 3.05) is 20.1 Å². The lowest BCUT2D eigenvalue weighted by atomic mass is 10.0. The highest BCUT2D eigenvalue weighted by Crippen LogP contribution is 2.19. The number of likely N-dealkylation sites (tertiary alicyclic amines) is 1. The summed E-state index contributed by atoms with van der Waals surface area (Å²) >= 11 is 0. The van der Waals surface area contributed by atoms with Gasteiger partial charge in [0.05, 0.1) is 17.4 Å². The molecule has 5 heteroatoms. The second kappa shape index (κ2) is 7.18.